The van der Waals surface area contributed by atoms with E-state index in [1.165, 1.54) is 0 Å². The summed E-state index contributed by atoms with van der Waals surface area (Å²) in [5, 5.41) is 4.87. The van der Waals surface area contributed by atoms with Gasteiger partial charge in [-0.15, -0.1) is 9.36 Å². The zero-order valence-corrected chi connectivity index (χ0v) is 18.6. The third kappa shape index (κ3) is 5.54. The molecule has 0 amide bonds. The van der Waals surface area contributed by atoms with Crippen molar-refractivity contribution in [2.24, 2.45) is 0 Å². The summed E-state index contributed by atoms with van der Waals surface area (Å²) in [4.78, 5) is 0. The summed E-state index contributed by atoms with van der Waals surface area (Å²) in [6.07, 6.45) is -0.0209. The van der Waals surface area contributed by atoms with Crippen LogP contribution in [0.5, 0.6) is 0 Å². The Kier molecular flexibility index (Phi) is 9.03. The molecule has 8 heteroatoms. The maximum atomic E-state index is 5.69. The van der Waals surface area contributed by atoms with Crippen molar-refractivity contribution in [1.82, 2.24) is 9.77 Å². The second kappa shape index (κ2) is 11.3. The van der Waals surface area contributed by atoms with E-state index in [9.17, 15) is 0 Å². The lowest BCUT2D eigenvalue weighted by atomic mass is 10.2. The van der Waals surface area contributed by atoms with Crippen LogP contribution in [0.4, 0.5) is 0 Å². The van der Waals surface area contributed by atoms with Crippen LogP contribution in [0.1, 0.15) is 56.6 Å². The van der Waals surface area contributed by atoms with Crippen molar-refractivity contribution >= 4 is 0 Å². The Hall–Kier alpha value is -2.00. The van der Waals surface area contributed by atoms with Gasteiger partial charge < -0.3 is 18.9 Å². The number of rotatable bonds is 12. The third-order valence-electron chi connectivity index (χ3n) is 5.08. The lowest BCUT2D eigenvalue weighted by molar-refractivity contribution is -0.754. The highest BCUT2D eigenvalue weighted by Crippen LogP contribution is 2.20. The Morgan fingerprint density at radius 3 is 2.10 bits per heavy atom. The summed E-state index contributed by atoms with van der Waals surface area (Å²) in [5.41, 5.74) is 4.68. The van der Waals surface area contributed by atoms with Crippen molar-refractivity contribution in [3.63, 3.8) is 0 Å². The van der Waals surface area contributed by atoms with Crippen molar-refractivity contribution in [2.45, 2.75) is 58.3 Å². The van der Waals surface area contributed by atoms with Gasteiger partial charge in [-0.25, -0.2) is 5.43 Å². The van der Waals surface area contributed by atoms with Crippen molar-refractivity contribution in [3.8, 4) is 0 Å². The molecular weight excluding hydrogens is 372 g/mol. The summed E-state index contributed by atoms with van der Waals surface area (Å²) in [6, 6.07) is 10.1. The van der Waals surface area contributed by atoms with Crippen molar-refractivity contribution in [1.29, 1.82) is 0 Å². The summed E-state index contributed by atoms with van der Waals surface area (Å²) in [7, 11) is 6.65. The highest BCUT2D eigenvalue weighted by Gasteiger charge is 2.36. The minimum absolute atomic E-state index is 0.0880. The average Bonchev–Trinajstić information content (AvgIpc) is 3.10. The van der Waals surface area contributed by atoms with Crippen LogP contribution < -0.4 is 10.1 Å². The molecule has 0 radical (unpaired) electrons. The lowest BCUT2D eigenvalue weighted by Crippen LogP contribution is -2.45. The first kappa shape index (κ1) is 23.3. The molecule has 0 aliphatic heterocycles. The fourth-order valence-corrected chi connectivity index (χ4v) is 3.26. The SMILES string of the molecule is CCC(Nn1c([C@H](C)OC)n[n+](Cc2ccccc2)c1[C@H](C)OC)C(OC)OC. The molecule has 0 bridgehead atoms. The van der Waals surface area contributed by atoms with E-state index in [-0.39, 0.29) is 18.2 Å². The van der Waals surface area contributed by atoms with Gasteiger partial charge in [0.2, 0.25) is 0 Å². The Labute approximate surface area is 173 Å². The molecule has 1 unspecified atom stereocenters. The van der Waals surface area contributed by atoms with Gasteiger partial charge in [-0.2, -0.15) is 0 Å². The standard InChI is InChI=1S/C21H35N4O4/c1-8-18(21(28-6)29-7)22-25-19(15(2)26-4)23-24(20(25)16(3)27-5)14-17-12-10-9-11-13-17/h9-13,15-16,18,21-22H,8,14H2,1-7H3/q+1/t15-,16-,18?/m0/s1. The molecule has 0 spiro atoms. The maximum absolute atomic E-state index is 5.69. The van der Waals surface area contributed by atoms with Crippen LogP contribution in [0.2, 0.25) is 0 Å². The Morgan fingerprint density at radius 1 is 0.966 bits per heavy atom. The molecule has 2 rings (SSSR count). The minimum Gasteiger partial charge on any atom is -0.371 e. The Morgan fingerprint density at radius 2 is 1.59 bits per heavy atom. The van der Waals surface area contributed by atoms with Gasteiger partial charge in [-0.05, 0) is 30.9 Å². The van der Waals surface area contributed by atoms with Crippen LogP contribution in [-0.2, 0) is 25.5 Å². The van der Waals surface area contributed by atoms with E-state index in [1.807, 2.05) is 41.4 Å². The summed E-state index contributed by atoms with van der Waals surface area (Å²) >= 11 is 0. The van der Waals surface area contributed by atoms with Crippen LogP contribution in [-0.4, -0.2) is 50.5 Å². The Balaban J connectivity index is 2.55. The molecule has 1 N–H and O–H groups in total. The van der Waals surface area contributed by atoms with Crippen LogP contribution in [0, 0.1) is 0 Å². The first-order valence-electron chi connectivity index (χ1n) is 9.94. The zero-order chi connectivity index (χ0) is 21.4. The molecule has 0 fully saturated rings. The van der Waals surface area contributed by atoms with E-state index in [2.05, 4.69) is 24.5 Å². The highest BCUT2D eigenvalue weighted by molar-refractivity contribution is 5.13. The van der Waals surface area contributed by atoms with Gasteiger partial charge in [0.15, 0.2) is 12.4 Å². The topological polar surface area (TPSA) is 70.7 Å². The van der Waals surface area contributed by atoms with Gasteiger partial charge in [-0.1, -0.05) is 37.3 Å². The van der Waals surface area contributed by atoms with Crippen molar-refractivity contribution in [3.05, 3.63) is 47.5 Å². The number of hydrogen-bond donors (Lipinski definition) is 1. The van der Waals surface area contributed by atoms with E-state index < -0.39 is 6.29 Å². The quantitative estimate of drug-likeness (QED) is 0.431. The number of benzene rings is 1. The van der Waals surface area contributed by atoms with Gasteiger partial charge in [0, 0.05) is 28.4 Å². The average molecular weight is 408 g/mol. The van der Waals surface area contributed by atoms with Crippen LogP contribution >= 0.6 is 0 Å². The number of hydrogen-bond acceptors (Lipinski definition) is 6. The minimum atomic E-state index is -0.402. The van der Waals surface area contributed by atoms with E-state index in [0.717, 1.165) is 23.6 Å². The second-order valence-electron chi connectivity index (χ2n) is 6.93. The van der Waals surface area contributed by atoms with Gasteiger partial charge in [0.25, 0.3) is 5.82 Å². The second-order valence-corrected chi connectivity index (χ2v) is 6.93. The summed E-state index contributed by atoms with van der Waals surface area (Å²) in [6.45, 7) is 6.68. The molecule has 3 atom stereocenters. The molecule has 0 aliphatic rings. The highest BCUT2D eigenvalue weighted by atomic mass is 16.7. The first-order chi connectivity index (χ1) is 14.0. The molecule has 2 aromatic rings. The van der Waals surface area contributed by atoms with Crippen LogP contribution in [0.25, 0.3) is 0 Å². The molecule has 1 aromatic carbocycles. The van der Waals surface area contributed by atoms with Gasteiger partial charge in [-0.3, -0.25) is 0 Å². The first-order valence-corrected chi connectivity index (χ1v) is 9.94. The van der Waals surface area contributed by atoms with Crippen LogP contribution in [0.15, 0.2) is 30.3 Å². The molecular formula is C21H35N4O4+. The van der Waals surface area contributed by atoms with Crippen molar-refractivity contribution < 1.29 is 23.6 Å². The Bertz CT molecular complexity index is 734. The molecule has 1 aromatic heterocycles. The molecule has 29 heavy (non-hydrogen) atoms. The normalized spacial score (nSPS) is 14.8. The predicted octanol–water partition coefficient (Wildman–Crippen LogP) is 2.57. The van der Waals surface area contributed by atoms with E-state index in [4.69, 9.17) is 24.0 Å². The van der Waals surface area contributed by atoms with E-state index in [1.54, 1.807) is 28.4 Å². The zero-order valence-electron chi connectivity index (χ0n) is 18.6. The molecule has 162 valence electrons. The van der Waals surface area contributed by atoms with Crippen LogP contribution in [0.3, 0.4) is 0 Å². The fraction of sp³-hybridized carbons (Fsp3) is 0.619. The van der Waals surface area contributed by atoms with Gasteiger partial charge in [0.1, 0.15) is 18.7 Å². The number of nitrogens with one attached hydrogen (secondary N) is 1. The van der Waals surface area contributed by atoms with Gasteiger partial charge >= 0.3 is 5.82 Å². The molecule has 0 saturated heterocycles. The largest absolute Gasteiger partial charge is 0.371 e. The molecule has 0 aliphatic carbocycles. The summed E-state index contributed by atoms with van der Waals surface area (Å²) in [5.74, 6) is 1.64. The molecule has 1 heterocycles. The summed E-state index contributed by atoms with van der Waals surface area (Å²) < 4.78 is 26.2. The number of methoxy groups -OCH3 is 4. The van der Waals surface area contributed by atoms with E-state index in [0.29, 0.717) is 6.54 Å². The molecule has 8 nitrogen and oxygen atoms in total. The third-order valence-corrected chi connectivity index (χ3v) is 5.08. The lowest BCUT2D eigenvalue weighted by Gasteiger charge is -2.24. The number of aromatic nitrogens is 3. The fourth-order valence-electron chi connectivity index (χ4n) is 3.26. The maximum Gasteiger partial charge on any atom is 0.331 e. The predicted molar refractivity (Wildman–Crippen MR) is 110 cm³/mol. The smallest absolute Gasteiger partial charge is 0.331 e. The van der Waals surface area contributed by atoms with Crippen molar-refractivity contribution in [2.75, 3.05) is 33.9 Å². The number of nitrogens with zero attached hydrogens (tertiary/aromatic N) is 3. The number of ether oxygens (including phenoxy) is 4. The monoisotopic (exact) mass is 407 g/mol. The van der Waals surface area contributed by atoms with E-state index >= 15 is 0 Å². The molecule has 0 saturated carbocycles. The van der Waals surface area contributed by atoms with Gasteiger partial charge in [0.05, 0.1) is 0 Å².